The molecule has 0 N–H and O–H groups in total. The quantitative estimate of drug-likeness (QED) is 0.287. The highest BCUT2D eigenvalue weighted by Gasteiger charge is 2.29. The van der Waals surface area contributed by atoms with Crippen LogP contribution in [0.4, 0.5) is 0 Å². The van der Waals surface area contributed by atoms with E-state index in [4.69, 9.17) is 4.74 Å². The Morgan fingerprint density at radius 2 is 1.34 bits per heavy atom. The zero-order valence-electron chi connectivity index (χ0n) is 19.5. The molecule has 0 saturated heterocycles. The smallest absolute Gasteiger partial charge is 0.343 e. The van der Waals surface area contributed by atoms with Crippen LogP contribution in [0.15, 0.2) is 66.7 Å². The summed E-state index contributed by atoms with van der Waals surface area (Å²) >= 11 is 0. The maximum absolute atomic E-state index is 13.1. The van der Waals surface area contributed by atoms with Crippen LogP contribution in [0, 0.1) is 0 Å². The van der Waals surface area contributed by atoms with Gasteiger partial charge in [0.25, 0.3) is 0 Å². The number of ether oxygens (including phenoxy) is 1. The minimum atomic E-state index is -0.405. The second kappa shape index (κ2) is 7.90. The molecule has 0 saturated carbocycles. The summed E-state index contributed by atoms with van der Waals surface area (Å²) in [5.74, 6) is 0.0808. The van der Waals surface area contributed by atoms with Crippen LogP contribution in [-0.2, 0) is 10.8 Å². The molecule has 0 atom stereocenters. The summed E-state index contributed by atoms with van der Waals surface area (Å²) in [4.78, 5) is 14.6. The number of carbonyl (C=O) groups excluding carboxylic acids is 1. The highest BCUT2D eigenvalue weighted by molar-refractivity contribution is 5.91. The van der Waals surface area contributed by atoms with Gasteiger partial charge in [0.05, 0.1) is 5.56 Å². The molecule has 5 heteroatoms. The lowest BCUT2D eigenvalue weighted by Gasteiger charge is -2.28. The van der Waals surface area contributed by atoms with Gasteiger partial charge >= 0.3 is 5.97 Å². The average molecular weight is 428 g/mol. The van der Waals surface area contributed by atoms with Gasteiger partial charge in [0.1, 0.15) is 16.7 Å². The third-order valence-corrected chi connectivity index (χ3v) is 5.45. The van der Waals surface area contributed by atoms with Gasteiger partial charge in [0.2, 0.25) is 0 Å². The van der Waals surface area contributed by atoms with E-state index >= 15 is 0 Å². The molecule has 0 fully saturated rings. The molecule has 4 rings (SSSR count). The van der Waals surface area contributed by atoms with E-state index in [0.29, 0.717) is 17.0 Å². The van der Waals surface area contributed by atoms with Crippen LogP contribution in [-0.4, -0.2) is 21.0 Å². The predicted molar refractivity (Wildman–Crippen MR) is 128 cm³/mol. The Bertz CT molecular complexity index is 1240. The molecule has 0 spiro atoms. The molecular weight excluding hydrogens is 398 g/mol. The van der Waals surface area contributed by atoms with Crippen molar-refractivity contribution < 1.29 is 9.53 Å². The van der Waals surface area contributed by atoms with Gasteiger partial charge in [-0.1, -0.05) is 77.9 Å². The van der Waals surface area contributed by atoms with Crippen LogP contribution in [0.25, 0.3) is 16.7 Å². The molecule has 0 aliphatic rings. The van der Waals surface area contributed by atoms with E-state index in [1.807, 2.05) is 48.5 Å². The largest absolute Gasteiger partial charge is 0.420 e. The van der Waals surface area contributed by atoms with Crippen molar-refractivity contribution in [2.24, 2.45) is 0 Å². The van der Waals surface area contributed by atoms with Crippen molar-refractivity contribution in [3.05, 3.63) is 83.4 Å². The molecule has 0 bridgehead atoms. The Morgan fingerprint density at radius 3 is 1.88 bits per heavy atom. The summed E-state index contributed by atoms with van der Waals surface area (Å²) in [5, 5.41) is 9.37. The Kier molecular flexibility index (Phi) is 5.37. The van der Waals surface area contributed by atoms with E-state index in [1.54, 1.807) is 16.9 Å². The van der Waals surface area contributed by atoms with Crippen molar-refractivity contribution in [3.63, 3.8) is 0 Å². The molecule has 5 nitrogen and oxygen atoms in total. The van der Waals surface area contributed by atoms with E-state index in [2.05, 4.69) is 57.8 Å². The normalized spacial score (nSPS) is 12.2. The number of hydrogen-bond donors (Lipinski definition) is 0. The number of carbonyl (C=O) groups is 1. The van der Waals surface area contributed by atoms with Gasteiger partial charge in [-0.15, -0.1) is 15.0 Å². The number of nitrogens with zero attached hydrogens (tertiary/aromatic N) is 3. The van der Waals surface area contributed by atoms with E-state index in [1.165, 1.54) is 0 Å². The first-order valence-electron chi connectivity index (χ1n) is 10.8. The molecule has 0 aliphatic heterocycles. The highest BCUT2D eigenvalue weighted by atomic mass is 16.5. The SMILES string of the molecule is CC(C)(C)c1cc(-n2nc3ccccc3n2)c(OC(=O)c2ccccc2)c(C(C)(C)C)c1. The van der Waals surface area contributed by atoms with Crippen molar-refractivity contribution in [2.75, 3.05) is 0 Å². The first-order valence-corrected chi connectivity index (χ1v) is 10.8. The standard InChI is InChI=1S/C27H29N3O2/c1-26(2,3)19-16-20(27(4,5)6)24(32-25(31)18-12-8-7-9-13-18)23(17-19)30-28-21-14-10-11-15-22(21)29-30/h7-17H,1-6H3. The summed E-state index contributed by atoms with van der Waals surface area (Å²) < 4.78 is 6.07. The van der Waals surface area contributed by atoms with Gasteiger partial charge in [-0.05, 0) is 46.7 Å². The fourth-order valence-corrected chi connectivity index (χ4v) is 3.55. The molecule has 0 amide bonds. The van der Waals surface area contributed by atoms with Crippen LogP contribution in [0.2, 0.25) is 0 Å². The van der Waals surface area contributed by atoms with Crippen molar-refractivity contribution in [3.8, 4) is 11.4 Å². The van der Waals surface area contributed by atoms with Crippen LogP contribution in [0.3, 0.4) is 0 Å². The van der Waals surface area contributed by atoms with E-state index in [0.717, 1.165) is 22.2 Å². The molecular formula is C27H29N3O2. The highest BCUT2D eigenvalue weighted by Crippen LogP contribution is 2.40. The van der Waals surface area contributed by atoms with Crippen LogP contribution >= 0.6 is 0 Å². The lowest BCUT2D eigenvalue weighted by molar-refractivity contribution is 0.0731. The molecule has 1 heterocycles. The van der Waals surface area contributed by atoms with Crippen LogP contribution in [0.5, 0.6) is 5.75 Å². The third kappa shape index (κ3) is 4.28. The number of fused-ring (bicyclic) bond motifs is 1. The van der Waals surface area contributed by atoms with Gasteiger partial charge in [0, 0.05) is 5.56 Å². The van der Waals surface area contributed by atoms with Crippen molar-refractivity contribution in [1.82, 2.24) is 15.0 Å². The predicted octanol–water partition coefficient (Wildman–Crippen LogP) is 6.23. The first-order chi connectivity index (χ1) is 15.0. The number of aromatic nitrogens is 3. The minimum absolute atomic E-state index is 0.108. The number of hydrogen-bond acceptors (Lipinski definition) is 4. The summed E-state index contributed by atoms with van der Waals surface area (Å²) in [7, 11) is 0. The van der Waals surface area contributed by atoms with Crippen LogP contribution < -0.4 is 4.74 Å². The lowest BCUT2D eigenvalue weighted by Crippen LogP contribution is -2.21. The Labute approximate surface area is 189 Å². The molecule has 0 radical (unpaired) electrons. The number of esters is 1. The summed E-state index contributed by atoms with van der Waals surface area (Å²) in [6.45, 7) is 12.9. The molecule has 4 aromatic rings. The molecule has 0 aliphatic carbocycles. The van der Waals surface area contributed by atoms with Gasteiger partial charge in [-0.2, -0.15) is 0 Å². The van der Waals surface area contributed by atoms with Gasteiger partial charge < -0.3 is 4.74 Å². The maximum atomic E-state index is 13.1. The van der Waals surface area contributed by atoms with Crippen molar-refractivity contribution in [2.45, 2.75) is 52.4 Å². The molecule has 32 heavy (non-hydrogen) atoms. The second-order valence-electron chi connectivity index (χ2n) is 10.1. The lowest BCUT2D eigenvalue weighted by atomic mass is 9.79. The Balaban J connectivity index is 1.97. The van der Waals surface area contributed by atoms with Crippen molar-refractivity contribution in [1.29, 1.82) is 0 Å². The van der Waals surface area contributed by atoms with Gasteiger partial charge in [-0.25, -0.2) is 4.79 Å². The molecule has 3 aromatic carbocycles. The summed E-state index contributed by atoms with van der Waals surface area (Å²) in [5.41, 5.74) is 4.40. The van der Waals surface area contributed by atoms with Gasteiger partial charge in [-0.3, -0.25) is 0 Å². The maximum Gasteiger partial charge on any atom is 0.343 e. The van der Waals surface area contributed by atoms with E-state index in [9.17, 15) is 4.79 Å². The van der Waals surface area contributed by atoms with Crippen molar-refractivity contribution >= 4 is 17.0 Å². The zero-order chi connectivity index (χ0) is 23.1. The number of rotatable bonds is 3. The molecule has 1 aromatic heterocycles. The third-order valence-electron chi connectivity index (χ3n) is 5.45. The fourth-order valence-electron chi connectivity index (χ4n) is 3.55. The Hall–Kier alpha value is -3.47. The molecule has 164 valence electrons. The van der Waals surface area contributed by atoms with Crippen LogP contribution in [0.1, 0.15) is 63.0 Å². The molecule has 0 unspecified atom stereocenters. The Morgan fingerprint density at radius 1 is 0.781 bits per heavy atom. The minimum Gasteiger partial charge on any atom is -0.420 e. The van der Waals surface area contributed by atoms with E-state index in [-0.39, 0.29) is 10.8 Å². The summed E-state index contributed by atoms with van der Waals surface area (Å²) in [6, 6.07) is 20.9. The number of benzene rings is 3. The first kappa shape index (κ1) is 21.8. The topological polar surface area (TPSA) is 57.0 Å². The average Bonchev–Trinajstić information content (AvgIpc) is 3.17. The zero-order valence-corrected chi connectivity index (χ0v) is 19.5. The van der Waals surface area contributed by atoms with Gasteiger partial charge in [0.15, 0.2) is 5.75 Å². The van der Waals surface area contributed by atoms with E-state index < -0.39 is 5.97 Å². The fraction of sp³-hybridized carbons (Fsp3) is 0.296. The second-order valence-corrected chi connectivity index (χ2v) is 10.1. The summed E-state index contributed by atoms with van der Waals surface area (Å²) in [6.07, 6.45) is 0. The monoisotopic (exact) mass is 427 g/mol.